The Kier molecular flexibility index (Phi) is 4.84. The molecule has 0 unspecified atom stereocenters. The summed E-state index contributed by atoms with van der Waals surface area (Å²) in [4.78, 5) is 20.5. The molecule has 0 aliphatic heterocycles. The van der Waals surface area contributed by atoms with E-state index in [0.717, 1.165) is 22.7 Å². The minimum absolute atomic E-state index is 0.0793. The maximum absolute atomic E-state index is 13.7. The van der Waals surface area contributed by atoms with E-state index in [2.05, 4.69) is 0 Å². The van der Waals surface area contributed by atoms with Gasteiger partial charge in [-0.2, -0.15) is 0 Å². The SMILES string of the molecule is Cc1nc2ccc(N(C)c3ccc(F)cc3)cc2c(=O)n1C(C1CCC1)C1CCC1. The summed E-state index contributed by atoms with van der Waals surface area (Å²) in [6.45, 7) is 1.98. The molecule has 2 aliphatic carbocycles. The predicted molar refractivity (Wildman–Crippen MR) is 119 cm³/mol. The van der Waals surface area contributed by atoms with Gasteiger partial charge in [-0.25, -0.2) is 9.37 Å². The molecule has 0 saturated heterocycles. The van der Waals surface area contributed by atoms with Gasteiger partial charge in [-0.1, -0.05) is 12.8 Å². The number of nitrogens with zero attached hydrogens (tertiary/aromatic N) is 3. The number of hydrogen-bond acceptors (Lipinski definition) is 3. The number of hydrogen-bond donors (Lipinski definition) is 0. The fraction of sp³-hybridized carbons (Fsp3) is 0.440. The summed E-state index contributed by atoms with van der Waals surface area (Å²) < 4.78 is 15.3. The predicted octanol–water partition coefficient (Wildman–Crippen LogP) is 5.75. The molecule has 2 aromatic carbocycles. The lowest BCUT2D eigenvalue weighted by Crippen LogP contribution is -2.41. The van der Waals surface area contributed by atoms with Gasteiger partial charge in [0.25, 0.3) is 5.56 Å². The smallest absolute Gasteiger partial charge is 0.261 e. The van der Waals surface area contributed by atoms with E-state index in [1.54, 1.807) is 12.1 Å². The molecule has 0 bridgehead atoms. The van der Waals surface area contributed by atoms with E-state index in [-0.39, 0.29) is 17.4 Å². The normalized spacial score (nSPS) is 17.2. The van der Waals surface area contributed by atoms with Gasteiger partial charge in [0, 0.05) is 24.5 Å². The van der Waals surface area contributed by atoms with E-state index in [1.165, 1.54) is 50.7 Å². The number of rotatable bonds is 5. The summed E-state index contributed by atoms with van der Waals surface area (Å²) in [6, 6.07) is 12.5. The first kappa shape index (κ1) is 19.3. The molecule has 1 heterocycles. The van der Waals surface area contributed by atoms with Crippen molar-refractivity contribution in [1.82, 2.24) is 9.55 Å². The van der Waals surface area contributed by atoms with Gasteiger partial charge in [0.15, 0.2) is 0 Å². The molecule has 0 amide bonds. The standard InChI is InChI=1S/C25H28FN3O/c1-16-27-23-14-13-21(28(2)20-11-9-19(26)10-12-20)15-22(23)25(30)29(16)24(17-5-3-6-17)18-7-4-8-18/h9-15,17-18,24H,3-8H2,1-2H3. The molecule has 2 aliphatic rings. The Morgan fingerprint density at radius 1 is 1.00 bits per heavy atom. The minimum atomic E-state index is -0.258. The van der Waals surface area contributed by atoms with Crippen LogP contribution in [0.5, 0.6) is 0 Å². The van der Waals surface area contributed by atoms with Crippen molar-refractivity contribution in [3.05, 3.63) is 64.5 Å². The Balaban J connectivity index is 1.59. The Bertz CT molecular complexity index is 1120. The van der Waals surface area contributed by atoms with Gasteiger partial charge in [-0.05, 0) is 86.9 Å². The molecule has 0 radical (unpaired) electrons. The van der Waals surface area contributed by atoms with Crippen molar-refractivity contribution >= 4 is 22.3 Å². The zero-order valence-corrected chi connectivity index (χ0v) is 17.6. The molecule has 2 saturated carbocycles. The van der Waals surface area contributed by atoms with Crippen molar-refractivity contribution in [1.29, 1.82) is 0 Å². The first-order chi connectivity index (χ1) is 14.5. The fourth-order valence-electron chi connectivity index (χ4n) is 5.04. The van der Waals surface area contributed by atoms with Gasteiger partial charge in [0.05, 0.1) is 10.9 Å². The summed E-state index contributed by atoms with van der Waals surface area (Å²) in [6.07, 6.45) is 7.43. The van der Waals surface area contributed by atoms with Crippen LogP contribution in [0.1, 0.15) is 50.4 Å². The average Bonchev–Trinajstić information content (AvgIpc) is 2.65. The van der Waals surface area contributed by atoms with Crippen LogP contribution in [0.3, 0.4) is 0 Å². The molecule has 30 heavy (non-hydrogen) atoms. The van der Waals surface area contributed by atoms with Crippen LogP contribution in [0, 0.1) is 24.6 Å². The third-order valence-electron chi connectivity index (χ3n) is 7.23. The van der Waals surface area contributed by atoms with E-state index in [0.29, 0.717) is 17.2 Å². The molecule has 3 aromatic rings. The molecule has 0 spiro atoms. The number of aryl methyl sites for hydroxylation is 1. The van der Waals surface area contributed by atoms with E-state index in [9.17, 15) is 9.18 Å². The van der Waals surface area contributed by atoms with Gasteiger partial charge in [0.2, 0.25) is 0 Å². The number of anilines is 2. The largest absolute Gasteiger partial charge is 0.345 e. The Labute approximate surface area is 176 Å². The molecular weight excluding hydrogens is 377 g/mol. The lowest BCUT2D eigenvalue weighted by Gasteiger charge is -2.43. The van der Waals surface area contributed by atoms with Gasteiger partial charge < -0.3 is 4.90 Å². The van der Waals surface area contributed by atoms with Crippen LogP contribution < -0.4 is 10.5 Å². The third-order valence-corrected chi connectivity index (χ3v) is 7.23. The van der Waals surface area contributed by atoms with Crippen LogP contribution in [0.4, 0.5) is 15.8 Å². The molecule has 156 valence electrons. The lowest BCUT2D eigenvalue weighted by molar-refractivity contribution is 0.0955. The topological polar surface area (TPSA) is 38.1 Å². The quantitative estimate of drug-likeness (QED) is 0.542. The highest BCUT2D eigenvalue weighted by molar-refractivity contribution is 5.83. The fourth-order valence-corrected chi connectivity index (χ4v) is 5.04. The number of fused-ring (bicyclic) bond motifs is 1. The maximum Gasteiger partial charge on any atom is 0.261 e. The van der Waals surface area contributed by atoms with E-state index < -0.39 is 0 Å². The molecule has 5 rings (SSSR count). The highest BCUT2D eigenvalue weighted by atomic mass is 19.1. The van der Waals surface area contributed by atoms with Crippen LogP contribution in [0.2, 0.25) is 0 Å². The summed E-state index contributed by atoms with van der Waals surface area (Å²) in [5, 5.41) is 0.663. The van der Waals surface area contributed by atoms with Crippen LogP contribution in [0.25, 0.3) is 10.9 Å². The first-order valence-corrected chi connectivity index (χ1v) is 11.0. The monoisotopic (exact) mass is 405 g/mol. The van der Waals surface area contributed by atoms with Crippen LogP contribution in [-0.4, -0.2) is 16.6 Å². The van der Waals surface area contributed by atoms with Crippen molar-refractivity contribution < 1.29 is 4.39 Å². The maximum atomic E-state index is 13.7. The summed E-state index contributed by atoms with van der Waals surface area (Å²) in [5.74, 6) is 1.79. The zero-order valence-electron chi connectivity index (χ0n) is 17.6. The van der Waals surface area contributed by atoms with Gasteiger partial charge in [0.1, 0.15) is 11.6 Å². The summed E-state index contributed by atoms with van der Waals surface area (Å²) in [7, 11) is 1.93. The number of benzene rings is 2. The Morgan fingerprint density at radius 2 is 1.60 bits per heavy atom. The third kappa shape index (κ3) is 3.21. The average molecular weight is 406 g/mol. The molecule has 1 aromatic heterocycles. The zero-order chi connectivity index (χ0) is 20.8. The van der Waals surface area contributed by atoms with Crippen LogP contribution in [0.15, 0.2) is 47.3 Å². The van der Waals surface area contributed by atoms with Crippen LogP contribution in [-0.2, 0) is 0 Å². The second-order valence-corrected chi connectivity index (χ2v) is 8.94. The molecule has 2 fully saturated rings. The Hall–Kier alpha value is -2.69. The number of aromatic nitrogens is 2. The summed E-state index contributed by atoms with van der Waals surface area (Å²) >= 11 is 0. The highest BCUT2D eigenvalue weighted by Gasteiger charge is 2.38. The second kappa shape index (κ2) is 7.53. The molecule has 5 heteroatoms. The van der Waals surface area contributed by atoms with Crippen molar-refractivity contribution in [3.8, 4) is 0 Å². The van der Waals surface area contributed by atoms with Crippen molar-refractivity contribution in [2.45, 2.75) is 51.5 Å². The minimum Gasteiger partial charge on any atom is -0.345 e. The lowest BCUT2D eigenvalue weighted by atomic mass is 9.68. The molecular formula is C25H28FN3O. The number of halogens is 1. The molecule has 0 N–H and O–H groups in total. The van der Waals surface area contributed by atoms with Crippen molar-refractivity contribution in [2.75, 3.05) is 11.9 Å². The van der Waals surface area contributed by atoms with E-state index >= 15 is 0 Å². The van der Waals surface area contributed by atoms with E-state index in [4.69, 9.17) is 4.98 Å². The highest BCUT2D eigenvalue weighted by Crippen LogP contribution is 2.47. The van der Waals surface area contributed by atoms with Crippen molar-refractivity contribution in [2.24, 2.45) is 11.8 Å². The summed E-state index contributed by atoms with van der Waals surface area (Å²) in [5.41, 5.74) is 2.59. The van der Waals surface area contributed by atoms with Gasteiger partial charge >= 0.3 is 0 Å². The van der Waals surface area contributed by atoms with Gasteiger partial charge in [-0.3, -0.25) is 9.36 Å². The molecule has 4 nitrogen and oxygen atoms in total. The van der Waals surface area contributed by atoms with E-state index in [1.807, 2.05) is 41.6 Å². The molecule has 0 atom stereocenters. The first-order valence-electron chi connectivity index (χ1n) is 11.0. The second-order valence-electron chi connectivity index (χ2n) is 8.94. The Morgan fingerprint density at radius 3 is 2.17 bits per heavy atom. The van der Waals surface area contributed by atoms with Gasteiger partial charge in [-0.15, -0.1) is 0 Å². The van der Waals surface area contributed by atoms with Crippen LogP contribution >= 0.6 is 0 Å². The van der Waals surface area contributed by atoms with Crippen molar-refractivity contribution in [3.63, 3.8) is 0 Å².